The van der Waals surface area contributed by atoms with Gasteiger partial charge in [-0.25, -0.2) is 9.37 Å². The lowest BCUT2D eigenvalue weighted by Gasteiger charge is -2.16. The molecule has 0 aliphatic heterocycles. The van der Waals surface area contributed by atoms with Crippen molar-refractivity contribution >= 4 is 16.9 Å². The molecule has 0 aliphatic rings. The summed E-state index contributed by atoms with van der Waals surface area (Å²) in [6, 6.07) is 5.64. The summed E-state index contributed by atoms with van der Waals surface area (Å²) in [5, 5.41) is 2.12. The Kier molecular flexibility index (Phi) is 5.80. The molecule has 3 heterocycles. The second-order valence-corrected chi connectivity index (χ2v) is 7.70. The summed E-state index contributed by atoms with van der Waals surface area (Å²) in [5.41, 5.74) is 4.35. The Balaban J connectivity index is 2.07. The molecule has 3 rings (SSSR count). The van der Waals surface area contributed by atoms with E-state index in [0.717, 1.165) is 16.0 Å². The van der Waals surface area contributed by atoms with Crippen LogP contribution in [0.25, 0.3) is 16.8 Å². The van der Waals surface area contributed by atoms with Gasteiger partial charge in [0, 0.05) is 29.3 Å². The fourth-order valence-corrected chi connectivity index (χ4v) is 4.11. The van der Waals surface area contributed by atoms with Crippen LogP contribution in [0.2, 0.25) is 0 Å². The van der Waals surface area contributed by atoms with Gasteiger partial charge in [-0.2, -0.15) is 4.39 Å². The first-order valence-corrected chi connectivity index (χ1v) is 9.84. The van der Waals surface area contributed by atoms with Crippen molar-refractivity contribution in [3.05, 3.63) is 75.9 Å². The van der Waals surface area contributed by atoms with Crippen molar-refractivity contribution < 1.29 is 8.78 Å². The molecule has 0 unspecified atom stereocenters. The summed E-state index contributed by atoms with van der Waals surface area (Å²) in [6.07, 6.45) is 4.05. The number of hydrogen-bond donors (Lipinski definition) is 0. The zero-order chi connectivity index (χ0) is 19.6. The van der Waals surface area contributed by atoms with Gasteiger partial charge in [-0.15, -0.1) is 11.3 Å². The number of thiophene rings is 1. The summed E-state index contributed by atoms with van der Waals surface area (Å²) in [4.78, 5) is 8.99. The topological polar surface area (TPSA) is 25.8 Å². The lowest BCUT2D eigenvalue weighted by Crippen LogP contribution is -2.07. The highest BCUT2D eigenvalue weighted by molar-refractivity contribution is 7.11. The van der Waals surface area contributed by atoms with Crippen molar-refractivity contribution in [2.45, 2.75) is 39.5 Å². The van der Waals surface area contributed by atoms with Gasteiger partial charge in [0.25, 0.3) is 0 Å². The standard InChI is InChI=1S/C22H22F2N2S/c1-5-17-18(10-14(4)19-11-16(12-27-19)13(2)3)21(26-22(24)20(17)23)15-6-8-25-9-7-15/h6-9,11-13H,4-5,10H2,1-3H3. The highest BCUT2D eigenvalue weighted by Gasteiger charge is 2.21. The molecule has 0 amide bonds. The molecule has 0 bridgehead atoms. The summed E-state index contributed by atoms with van der Waals surface area (Å²) in [5.74, 6) is -1.50. The van der Waals surface area contributed by atoms with Gasteiger partial charge in [0.15, 0.2) is 5.82 Å². The number of hydrogen-bond acceptors (Lipinski definition) is 3. The first kappa shape index (κ1) is 19.4. The molecular formula is C22H22F2N2S. The zero-order valence-corrected chi connectivity index (χ0v) is 16.5. The molecule has 0 saturated heterocycles. The van der Waals surface area contributed by atoms with E-state index in [9.17, 15) is 8.78 Å². The van der Waals surface area contributed by atoms with Crippen LogP contribution >= 0.6 is 11.3 Å². The third-order valence-corrected chi connectivity index (χ3v) is 5.69. The Morgan fingerprint density at radius 3 is 2.48 bits per heavy atom. The molecule has 0 radical (unpaired) electrons. The number of halogens is 2. The van der Waals surface area contributed by atoms with E-state index < -0.39 is 11.8 Å². The minimum absolute atomic E-state index is 0.358. The first-order valence-electron chi connectivity index (χ1n) is 8.96. The van der Waals surface area contributed by atoms with Crippen LogP contribution in [0.3, 0.4) is 0 Å². The number of pyridine rings is 2. The molecule has 3 aromatic rings. The Morgan fingerprint density at radius 1 is 1.19 bits per heavy atom. The summed E-state index contributed by atoms with van der Waals surface area (Å²) in [6.45, 7) is 10.3. The Hall–Kier alpha value is -2.40. The molecule has 140 valence electrons. The van der Waals surface area contributed by atoms with E-state index in [1.54, 1.807) is 35.9 Å². The predicted molar refractivity (Wildman–Crippen MR) is 108 cm³/mol. The SMILES string of the molecule is C=C(Cc1c(-c2ccncc2)nc(F)c(F)c1CC)c1cc(C(C)C)cs1. The molecule has 0 N–H and O–H groups in total. The monoisotopic (exact) mass is 384 g/mol. The van der Waals surface area contributed by atoms with Crippen LogP contribution in [0.15, 0.2) is 42.6 Å². The summed E-state index contributed by atoms with van der Waals surface area (Å²) in [7, 11) is 0. The maximum absolute atomic E-state index is 14.4. The van der Waals surface area contributed by atoms with Crippen LogP contribution < -0.4 is 0 Å². The van der Waals surface area contributed by atoms with E-state index in [2.05, 4.69) is 41.8 Å². The van der Waals surface area contributed by atoms with E-state index in [1.807, 2.05) is 6.92 Å². The zero-order valence-electron chi connectivity index (χ0n) is 15.7. The van der Waals surface area contributed by atoms with Gasteiger partial charge >= 0.3 is 0 Å². The predicted octanol–water partition coefficient (Wildman–Crippen LogP) is 6.43. The highest BCUT2D eigenvalue weighted by atomic mass is 32.1. The average molecular weight is 384 g/mol. The lowest BCUT2D eigenvalue weighted by atomic mass is 9.93. The molecule has 0 aliphatic carbocycles. The van der Waals surface area contributed by atoms with Crippen LogP contribution in [0.1, 0.15) is 48.3 Å². The third kappa shape index (κ3) is 3.98. The maximum atomic E-state index is 14.4. The van der Waals surface area contributed by atoms with Crippen LogP contribution in [-0.4, -0.2) is 9.97 Å². The van der Waals surface area contributed by atoms with E-state index in [-0.39, 0.29) is 0 Å². The van der Waals surface area contributed by atoms with E-state index >= 15 is 0 Å². The Bertz CT molecular complexity index is 962. The Labute approximate surface area is 162 Å². The minimum atomic E-state index is -1.06. The highest BCUT2D eigenvalue weighted by Crippen LogP contribution is 2.34. The fourth-order valence-electron chi connectivity index (χ4n) is 3.06. The molecule has 3 aromatic heterocycles. The van der Waals surface area contributed by atoms with Crippen molar-refractivity contribution in [2.75, 3.05) is 0 Å². The van der Waals surface area contributed by atoms with E-state index in [4.69, 9.17) is 0 Å². The Morgan fingerprint density at radius 2 is 1.89 bits per heavy atom. The molecule has 5 heteroatoms. The van der Waals surface area contributed by atoms with Crippen molar-refractivity contribution in [1.82, 2.24) is 9.97 Å². The normalized spacial score (nSPS) is 11.2. The van der Waals surface area contributed by atoms with E-state index in [1.165, 1.54) is 5.56 Å². The van der Waals surface area contributed by atoms with Gasteiger partial charge in [-0.05, 0) is 58.2 Å². The van der Waals surface area contributed by atoms with Gasteiger partial charge < -0.3 is 0 Å². The number of allylic oxidation sites excluding steroid dienone is 1. The smallest absolute Gasteiger partial charge is 0.249 e. The van der Waals surface area contributed by atoms with E-state index in [0.29, 0.717) is 35.6 Å². The second-order valence-electron chi connectivity index (χ2n) is 6.79. The molecule has 0 saturated carbocycles. The van der Waals surface area contributed by atoms with Crippen LogP contribution in [-0.2, 0) is 12.8 Å². The molecule has 0 aromatic carbocycles. The maximum Gasteiger partial charge on any atom is 0.249 e. The van der Waals surface area contributed by atoms with Crippen molar-refractivity contribution in [1.29, 1.82) is 0 Å². The van der Waals surface area contributed by atoms with Crippen molar-refractivity contribution in [3.8, 4) is 11.3 Å². The van der Waals surface area contributed by atoms with Crippen molar-refractivity contribution in [2.24, 2.45) is 0 Å². The van der Waals surface area contributed by atoms with Crippen LogP contribution in [0, 0.1) is 11.8 Å². The number of aromatic nitrogens is 2. The first-order chi connectivity index (χ1) is 12.9. The fraction of sp³-hybridized carbons (Fsp3) is 0.273. The quantitative estimate of drug-likeness (QED) is 0.458. The number of rotatable bonds is 6. The van der Waals surface area contributed by atoms with Crippen molar-refractivity contribution in [3.63, 3.8) is 0 Å². The lowest BCUT2D eigenvalue weighted by molar-refractivity contribution is 0.471. The average Bonchev–Trinajstić information content (AvgIpc) is 3.16. The van der Waals surface area contributed by atoms with Crippen LogP contribution in [0.5, 0.6) is 0 Å². The van der Waals surface area contributed by atoms with Gasteiger partial charge in [-0.1, -0.05) is 27.4 Å². The molecule has 0 atom stereocenters. The molecule has 0 fully saturated rings. The van der Waals surface area contributed by atoms with Gasteiger partial charge in [0.1, 0.15) is 0 Å². The molecule has 2 nitrogen and oxygen atoms in total. The third-order valence-electron chi connectivity index (χ3n) is 4.64. The molecule has 0 spiro atoms. The van der Waals surface area contributed by atoms with Gasteiger partial charge in [-0.3, -0.25) is 4.98 Å². The summed E-state index contributed by atoms with van der Waals surface area (Å²) >= 11 is 1.63. The van der Waals surface area contributed by atoms with Gasteiger partial charge in [0.05, 0.1) is 5.69 Å². The molecule has 27 heavy (non-hydrogen) atoms. The minimum Gasteiger partial charge on any atom is -0.265 e. The van der Waals surface area contributed by atoms with Gasteiger partial charge in [0.2, 0.25) is 5.95 Å². The van der Waals surface area contributed by atoms with Crippen LogP contribution in [0.4, 0.5) is 8.78 Å². The summed E-state index contributed by atoms with van der Waals surface area (Å²) < 4.78 is 28.6. The second kappa shape index (κ2) is 8.09. The number of nitrogens with zero attached hydrogens (tertiary/aromatic N) is 2. The molecular weight excluding hydrogens is 362 g/mol. The largest absolute Gasteiger partial charge is 0.265 e.